The molecule has 4 rings (SSSR count). The Balaban J connectivity index is 1.59. The molecule has 0 aromatic carbocycles. The number of pyridine rings is 2. The van der Waals surface area contributed by atoms with E-state index < -0.39 is 0 Å². The fourth-order valence-electron chi connectivity index (χ4n) is 3.07. The van der Waals surface area contributed by atoms with E-state index in [0.29, 0.717) is 41.1 Å². The molecule has 4 heterocycles. The smallest absolute Gasteiger partial charge is 0.255 e. The lowest BCUT2D eigenvalue weighted by Gasteiger charge is -2.27. The number of hydrogen-bond donors (Lipinski definition) is 1. The molecular formula is C18H15Cl2N5O. The van der Waals surface area contributed by atoms with Crippen molar-refractivity contribution in [2.75, 3.05) is 6.54 Å². The standard InChI is InChI=1S/C18H15Cl2N5O/c19-13-6-12(16(20)22-8-13)9-25-5-3-15-14(10-25)18(26)24-17(23-15)11-2-1-4-21-7-11/h1-2,4,6-8H,3,5,9-10H2,(H,23,24,26). The first-order chi connectivity index (χ1) is 12.6. The molecule has 1 aliphatic heterocycles. The summed E-state index contributed by atoms with van der Waals surface area (Å²) in [7, 11) is 0. The first-order valence-electron chi connectivity index (χ1n) is 8.15. The molecule has 3 aromatic rings. The zero-order chi connectivity index (χ0) is 18.1. The first kappa shape index (κ1) is 17.1. The highest BCUT2D eigenvalue weighted by Gasteiger charge is 2.22. The lowest BCUT2D eigenvalue weighted by molar-refractivity contribution is 0.241. The second-order valence-corrected chi connectivity index (χ2v) is 6.94. The quantitative estimate of drug-likeness (QED) is 0.698. The van der Waals surface area contributed by atoms with Crippen LogP contribution in [-0.4, -0.2) is 31.4 Å². The highest BCUT2D eigenvalue weighted by Crippen LogP contribution is 2.23. The van der Waals surface area contributed by atoms with Gasteiger partial charge in [0.25, 0.3) is 5.56 Å². The Kier molecular flexibility index (Phi) is 4.72. The van der Waals surface area contributed by atoms with Crippen molar-refractivity contribution in [3.63, 3.8) is 0 Å². The Bertz CT molecular complexity index is 1010. The molecule has 0 unspecified atom stereocenters. The predicted octanol–water partition coefficient (Wildman–Crippen LogP) is 3.09. The van der Waals surface area contributed by atoms with Gasteiger partial charge in [0.05, 0.1) is 16.3 Å². The van der Waals surface area contributed by atoms with E-state index in [1.165, 1.54) is 6.20 Å². The van der Waals surface area contributed by atoms with Crippen LogP contribution < -0.4 is 5.56 Å². The van der Waals surface area contributed by atoms with Crippen molar-refractivity contribution in [1.82, 2.24) is 24.8 Å². The molecule has 0 radical (unpaired) electrons. The largest absolute Gasteiger partial charge is 0.306 e. The van der Waals surface area contributed by atoms with Crippen LogP contribution in [0.2, 0.25) is 10.2 Å². The minimum Gasteiger partial charge on any atom is -0.306 e. The number of H-pyrrole nitrogens is 1. The van der Waals surface area contributed by atoms with Crippen molar-refractivity contribution >= 4 is 23.2 Å². The van der Waals surface area contributed by atoms with Crippen molar-refractivity contribution in [1.29, 1.82) is 0 Å². The van der Waals surface area contributed by atoms with E-state index >= 15 is 0 Å². The van der Waals surface area contributed by atoms with Crippen LogP contribution in [0.15, 0.2) is 41.6 Å². The number of rotatable bonds is 3. The van der Waals surface area contributed by atoms with Gasteiger partial charge < -0.3 is 4.98 Å². The Morgan fingerprint density at radius 3 is 2.96 bits per heavy atom. The summed E-state index contributed by atoms with van der Waals surface area (Å²) >= 11 is 12.2. The monoisotopic (exact) mass is 387 g/mol. The molecule has 1 N–H and O–H groups in total. The topological polar surface area (TPSA) is 74.8 Å². The van der Waals surface area contributed by atoms with Crippen LogP contribution in [0.25, 0.3) is 11.4 Å². The normalized spacial score (nSPS) is 14.2. The van der Waals surface area contributed by atoms with E-state index in [2.05, 4.69) is 24.8 Å². The average molecular weight is 388 g/mol. The molecule has 0 spiro atoms. The third kappa shape index (κ3) is 3.49. The molecule has 0 aliphatic carbocycles. The SMILES string of the molecule is O=c1[nH]c(-c2cccnc2)nc2c1CN(Cc1cc(Cl)cnc1Cl)CC2. The third-order valence-corrected chi connectivity index (χ3v) is 4.90. The molecule has 0 amide bonds. The van der Waals surface area contributed by atoms with Crippen LogP contribution >= 0.6 is 23.2 Å². The van der Waals surface area contributed by atoms with Gasteiger partial charge in [-0.25, -0.2) is 9.97 Å². The number of aromatic nitrogens is 4. The van der Waals surface area contributed by atoms with Crippen LogP contribution in [0.1, 0.15) is 16.8 Å². The third-order valence-electron chi connectivity index (χ3n) is 4.35. The maximum atomic E-state index is 12.6. The maximum absolute atomic E-state index is 12.6. The Morgan fingerprint density at radius 1 is 1.27 bits per heavy atom. The second-order valence-electron chi connectivity index (χ2n) is 6.15. The molecule has 1 aliphatic rings. The fraction of sp³-hybridized carbons (Fsp3) is 0.222. The van der Waals surface area contributed by atoms with Crippen molar-refractivity contribution in [2.24, 2.45) is 0 Å². The Morgan fingerprint density at radius 2 is 2.15 bits per heavy atom. The van der Waals surface area contributed by atoms with E-state index in [4.69, 9.17) is 23.2 Å². The lowest BCUT2D eigenvalue weighted by atomic mass is 10.1. The van der Waals surface area contributed by atoms with Gasteiger partial charge in [0, 0.05) is 55.8 Å². The zero-order valence-corrected chi connectivity index (χ0v) is 15.3. The Labute approximate surface area is 159 Å². The van der Waals surface area contributed by atoms with Gasteiger partial charge in [0.1, 0.15) is 11.0 Å². The summed E-state index contributed by atoms with van der Waals surface area (Å²) in [5.74, 6) is 0.553. The molecule has 0 saturated carbocycles. The molecule has 0 bridgehead atoms. The van der Waals surface area contributed by atoms with Gasteiger partial charge in [0.15, 0.2) is 0 Å². The van der Waals surface area contributed by atoms with Crippen LogP contribution in [0.3, 0.4) is 0 Å². The molecule has 3 aromatic heterocycles. The summed E-state index contributed by atoms with van der Waals surface area (Å²) < 4.78 is 0. The Hall–Kier alpha value is -2.28. The number of hydrogen-bond acceptors (Lipinski definition) is 5. The molecular weight excluding hydrogens is 373 g/mol. The summed E-state index contributed by atoms with van der Waals surface area (Å²) in [5.41, 5.74) is 3.05. The van der Waals surface area contributed by atoms with Gasteiger partial charge in [-0.3, -0.25) is 14.7 Å². The van der Waals surface area contributed by atoms with Gasteiger partial charge >= 0.3 is 0 Å². The number of aromatic amines is 1. The van der Waals surface area contributed by atoms with Crippen LogP contribution in [-0.2, 0) is 19.5 Å². The van der Waals surface area contributed by atoms with Crippen molar-refractivity contribution in [3.8, 4) is 11.4 Å². The van der Waals surface area contributed by atoms with Crippen LogP contribution in [0, 0.1) is 0 Å². The molecule has 6 nitrogen and oxygen atoms in total. The fourth-order valence-corrected chi connectivity index (χ4v) is 3.42. The van der Waals surface area contributed by atoms with Gasteiger partial charge in [-0.2, -0.15) is 0 Å². The average Bonchev–Trinajstić information content (AvgIpc) is 2.66. The summed E-state index contributed by atoms with van der Waals surface area (Å²) in [4.78, 5) is 30.4. The van der Waals surface area contributed by atoms with E-state index in [0.717, 1.165) is 23.4 Å². The molecule has 26 heavy (non-hydrogen) atoms. The van der Waals surface area contributed by atoms with Crippen LogP contribution in [0.4, 0.5) is 0 Å². The maximum Gasteiger partial charge on any atom is 0.255 e. The second kappa shape index (κ2) is 7.15. The van der Waals surface area contributed by atoms with E-state index in [-0.39, 0.29) is 5.56 Å². The van der Waals surface area contributed by atoms with Crippen molar-refractivity contribution < 1.29 is 0 Å². The number of fused-ring (bicyclic) bond motifs is 1. The molecule has 0 atom stereocenters. The van der Waals surface area contributed by atoms with E-state index in [1.54, 1.807) is 18.5 Å². The summed E-state index contributed by atoms with van der Waals surface area (Å²) in [6.45, 7) is 1.86. The minimum absolute atomic E-state index is 0.117. The van der Waals surface area contributed by atoms with E-state index in [9.17, 15) is 4.79 Å². The van der Waals surface area contributed by atoms with Gasteiger partial charge in [-0.05, 0) is 18.2 Å². The predicted molar refractivity (Wildman–Crippen MR) is 100 cm³/mol. The van der Waals surface area contributed by atoms with E-state index in [1.807, 2.05) is 12.1 Å². The summed E-state index contributed by atoms with van der Waals surface area (Å²) in [6, 6.07) is 5.50. The highest BCUT2D eigenvalue weighted by atomic mass is 35.5. The molecule has 0 fully saturated rings. The molecule has 0 saturated heterocycles. The highest BCUT2D eigenvalue weighted by molar-refractivity contribution is 6.32. The van der Waals surface area contributed by atoms with Crippen molar-refractivity contribution in [2.45, 2.75) is 19.5 Å². The molecule has 132 valence electrons. The zero-order valence-electron chi connectivity index (χ0n) is 13.7. The van der Waals surface area contributed by atoms with Gasteiger partial charge in [0.2, 0.25) is 0 Å². The number of nitrogens with zero attached hydrogens (tertiary/aromatic N) is 4. The van der Waals surface area contributed by atoms with Crippen molar-refractivity contribution in [3.05, 3.63) is 74.1 Å². The van der Waals surface area contributed by atoms with Gasteiger partial charge in [-0.15, -0.1) is 0 Å². The molecule has 8 heteroatoms. The first-order valence-corrected chi connectivity index (χ1v) is 8.90. The summed E-state index contributed by atoms with van der Waals surface area (Å²) in [6.07, 6.45) is 5.59. The number of nitrogens with one attached hydrogen (secondary N) is 1. The minimum atomic E-state index is -0.117. The lowest BCUT2D eigenvalue weighted by Crippen LogP contribution is -2.35. The summed E-state index contributed by atoms with van der Waals surface area (Å²) in [5, 5.41) is 0.974. The van der Waals surface area contributed by atoms with Gasteiger partial charge in [-0.1, -0.05) is 23.2 Å². The van der Waals surface area contributed by atoms with Crippen LogP contribution in [0.5, 0.6) is 0 Å². The number of halogens is 2.